The summed E-state index contributed by atoms with van der Waals surface area (Å²) in [4.78, 5) is 22.4. The lowest BCUT2D eigenvalue weighted by atomic mass is 9.88. The average Bonchev–Trinajstić information content (AvgIpc) is 3.60. The SMILES string of the molecule is COc1ccccc1C1CCN(c2nc(C3(F)CC3)nc3ccc(NCC(=O)O)cc23)CC1. The summed E-state index contributed by atoms with van der Waals surface area (Å²) in [7, 11) is 1.70. The Kier molecular flexibility index (Phi) is 5.52. The fraction of sp³-hybridized carbons (Fsp3) is 0.400. The van der Waals surface area contributed by atoms with Crippen molar-refractivity contribution in [3.8, 4) is 5.75 Å². The number of methoxy groups -OCH3 is 1. The zero-order valence-corrected chi connectivity index (χ0v) is 18.6. The minimum Gasteiger partial charge on any atom is -0.496 e. The molecule has 5 rings (SSSR count). The van der Waals surface area contributed by atoms with Crippen LogP contribution in [0.2, 0.25) is 0 Å². The van der Waals surface area contributed by atoms with Crippen LogP contribution in [0.3, 0.4) is 0 Å². The molecule has 0 spiro atoms. The number of hydrogen-bond acceptors (Lipinski definition) is 6. The fourth-order valence-electron chi connectivity index (χ4n) is 4.58. The molecule has 2 N–H and O–H groups in total. The van der Waals surface area contributed by atoms with Gasteiger partial charge in [-0.05, 0) is 61.4 Å². The fourth-order valence-corrected chi connectivity index (χ4v) is 4.58. The third-order valence-corrected chi connectivity index (χ3v) is 6.58. The van der Waals surface area contributed by atoms with E-state index in [4.69, 9.17) is 14.8 Å². The Bertz CT molecular complexity index is 1190. The Morgan fingerprint density at radius 2 is 1.97 bits per heavy atom. The largest absolute Gasteiger partial charge is 0.496 e. The predicted molar refractivity (Wildman–Crippen MR) is 125 cm³/mol. The van der Waals surface area contributed by atoms with Gasteiger partial charge in [0.2, 0.25) is 0 Å². The van der Waals surface area contributed by atoms with Crippen LogP contribution < -0.4 is 15.0 Å². The van der Waals surface area contributed by atoms with Crippen molar-refractivity contribution >= 4 is 28.4 Å². The van der Waals surface area contributed by atoms with Gasteiger partial charge in [0.1, 0.15) is 18.1 Å². The summed E-state index contributed by atoms with van der Waals surface area (Å²) in [6.07, 6.45) is 2.76. The summed E-state index contributed by atoms with van der Waals surface area (Å²) in [6, 6.07) is 13.6. The van der Waals surface area contributed by atoms with Crippen molar-refractivity contribution in [3.63, 3.8) is 0 Å². The van der Waals surface area contributed by atoms with E-state index in [2.05, 4.69) is 21.3 Å². The molecule has 3 aromatic rings. The molecule has 1 aliphatic heterocycles. The van der Waals surface area contributed by atoms with Crippen LogP contribution in [0.1, 0.15) is 43.0 Å². The molecule has 2 aliphatic rings. The summed E-state index contributed by atoms with van der Waals surface area (Å²) < 4.78 is 20.5. The van der Waals surface area contributed by atoms with Gasteiger partial charge in [0.05, 0.1) is 12.6 Å². The monoisotopic (exact) mass is 450 g/mol. The van der Waals surface area contributed by atoms with E-state index in [9.17, 15) is 9.18 Å². The number of carboxylic acids is 1. The topological polar surface area (TPSA) is 87.6 Å². The molecule has 1 saturated heterocycles. The van der Waals surface area contributed by atoms with E-state index in [1.54, 1.807) is 13.2 Å². The van der Waals surface area contributed by atoms with Gasteiger partial charge in [-0.25, -0.2) is 14.4 Å². The summed E-state index contributed by atoms with van der Waals surface area (Å²) in [5.74, 6) is 1.33. The quantitative estimate of drug-likeness (QED) is 0.549. The number of carbonyl (C=O) groups is 1. The van der Waals surface area contributed by atoms with Crippen LogP contribution in [0.5, 0.6) is 5.75 Å². The number of alkyl halides is 1. The van der Waals surface area contributed by atoms with Gasteiger partial charge in [-0.1, -0.05) is 18.2 Å². The number of ether oxygens (including phenoxy) is 1. The number of carboxylic acid groups (broad SMARTS) is 1. The number of aromatic nitrogens is 2. The standard InChI is InChI=1S/C25H27FN4O3/c1-33-21-5-3-2-4-18(21)16-8-12-30(13-9-16)23-19-14-17(27-15-22(31)32)6-7-20(19)28-24(29-23)25(26)10-11-25/h2-7,14,16,27H,8-13,15H2,1H3,(H,31,32). The zero-order valence-electron chi connectivity index (χ0n) is 18.6. The van der Waals surface area contributed by atoms with E-state index in [1.807, 2.05) is 30.3 Å². The van der Waals surface area contributed by atoms with Crippen molar-refractivity contribution in [3.05, 3.63) is 53.9 Å². The van der Waals surface area contributed by atoms with Crippen LogP contribution in [0, 0.1) is 0 Å². The second-order valence-electron chi connectivity index (χ2n) is 8.82. The lowest BCUT2D eigenvalue weighted by Crippen LogP contribution is -2.34. The molecular formula is C25H27FN4O3. The molecule has 172 valence electrons. The van der Waals surface area contributed by atoms with E-state index in [-0.39, 0.29) is 12.4 Å². The van der Waals surface area contributed by atoms with Gasteiger partial charge in [0.25, 0.3) is 0 Å². The number of nitrogens with one attached hydrogen (secondary N) is 1. The van der Waals surface area contributed by atoms with Gasteiger partial charge in [0, 0.05) is 24.2 Å². The molecule has 0 amide bonds. The molecule has 2 fully saturated rings. The maximum atomic E-state index is 14.9. The van der Waals surface area contributed by atoms with E-state index in [0.717, 1.165) is 42.9 Å². The molecule has 0 atom stereocenters. The highest BCUT2D eigenvalue weighted by molar-refractivity contribution is 5.92. The number of hydrogen-bond donors (Lipinski definition) is 2. The van der Waals surface area contributed by atoms with Gasteiger partial charge in [-0.2, -0.15) is 0 Å². The molecule has 8 heteroatoms. The van der Waals surface area contributed by atoms with E-state index >= 15 is 0 Å². The second-order valence-corrected chi connectivity index (χ2v) is 8.82. The van der Waals surface area contributed by atoms with Gasteiger partial charge in [0.15, 0.2) is 11.5 Å². The third-order valence-electron chi connectivity index (χ3n) is 6.58. The summed E-state index contributed by atoms with van der Waals surface area (Å²) >= 11 is 0. The van der Waals surface area contributed by atoms with E-state index in [0.29, 0.717) is 30.0 Å². The lowest BCUT2D eigenvalue weighted by molar-refractivity contribution is -0.134. The Labute approximate surface area is 191 Å². The maximum absolute atomic E-state index is 14.9. The van der Waals surface area contributed by atoms with Crippen molar-refractivity contribution < 1.29 is 19.0 Å². The summed E-state index contributed by atoms with van der Waals surface area (Å²) in [6.45, 7) is 1.37. The normalized spacial score (nSPS) is 17.7. The van der Waals surface area contributed by atoms with Crippen molar-refractivity contribution in [2.45, 2.75) is 37.3 Å². The number of halogens is 1. The minimum absolute atomic E-state index is 0.183. The maximum Gasteiger partial charge on any atom is 0.322 e. The Morgan fingerprint density at radius 3 is 2.67 bits per heavy atom. The average molecular weight is 451 g/mol. The second kappa shape index (κ2) is 8.50. The van der Waals surface area contributed by atoms with E-state index < -0.39 is 11.6 Å². The zero-order chi connectivity index (χ0) is 23.0. The molecule has 1 saturated carbocycles. The lowest BCUT2D eigenvalue weighted by Gasteiger charge is -2.34. The molecule has 1 aromatic heterocycles. The molecule has 0 unspecified atom stereocenters. The van der Waals surface area contributed by atoms with Crippen molar-refractivity contribution in [2.75, 3.05) is 37.0 Å². The molecule has 7 nitrogen and oxygen atoms in total. The minimum atomic E-state index is -1.43. The van der Waals surface area contributed by atoms with Crippen molar-refractivity contribution in [1.29, 1.82) is 0 Å². The molecule has 2 heterocycles. The molecule has 0 bridgehead atoms. The molecule has 2 aromatic carbocycles. The van der Waals surface area contributed by atoms with Crippen molar-refractivity contribution in [1.82, 2.24) is 9.97 Å². The first-order chi connectivity index (χ1) is 16.0. The van der Waals surface area contributed by atoms with Crippen LogP contribution in [0.25, 0.3) is 10.9 Å². The van der Waals surface area contributed by atoms with Crippen LogP contribution in [-0.4, -0.2) is 47.8 Å². The molecule has 0 radical (unpaired) electrons. The number of nitrogens with zero attached hydrogens (tertiary/aromatic N) is 3. The van der Waals surface area contributed by atoms with Gasteiger partial charge >= 0.3 is 5.97 Å². The third kappa shape index (κ3) is 4.29. The Balaban J connectivity index is 1.45. The first-order valence-electron chi connectivity index (χ1n) is 11.3. The van der Waals surface area contributed by atoms with Gasteiger partial charge < -0.3 is 20.1 Å². The highest BCUT2D eigenvalue weighted by Gasteiger charge is 2.48. The molecule has 33 heavy (non-hydrogen) atoms. The number of para-hydroxylation sites is 1. The number of benzene rings is 2. The molecule has 1 aliphatic carbocycles. The first-order valence-corrected chi connectivity index (χ1v) is 11.3. The highest BCUT2D eigenvalue weighted by atomic mass is 19.1. The number of fused-ring (bicyclic) bond motifs is 1. The van der Waals surface area contributed by atoms with Crippen LogP contribution >= 0.6 is 0 Å². The van der Waals surface area contributed by atoms with Gasteiger partial charge in [-0.3, -0.25) is 4.79 Å². The number of rotatable bonds is 7. The molecular weight excluding hydrogens is 423 g/mol. The van der Waals surface area contributed by atoms with Crippen LogP contribution in [0.4, 0.5) is 15.9 Å². The Morgan fingerprint density at radius 1 is 1.21 bits per heavy atom. The highest BCUT2D eigenvalue weighted by Crippen LogP contribution is 2.49. The number of piperidine rings is 1. The number of aliphatic carboxylic acids is 1. The van der Waals surface area contributed by atoms with Crippen molar-refractivity contribution in [2.24, 2.45) is 0 Å². The van der Waals surface area contributed by atoms with Crippen LogP contribution in [-0.2, 0) is 10.5 Å². The van der Waals surface area contributed by atoms with E-state index in [1.165, 1.54) is 5.56 Å². The first kappa shape index (κ1) is 21.4. The summed E-state index contributed by atoms with van der Waals surface area (Å²) in [5, 5.41) is 12.7. The van der Waals surface area contributed by atoms with Gasteiger partial charge in [-0.15, -0.1) is 0 Å². The summed E-state index contributed by atoms with van der Waals surface area (Å²) in [5.41, 5.74) is 1.13. The predicted octanol–water partition coefficient (Wildman–Crippen LogP) is 4.48. The smallest absolute Gasteiger partial charge is 0.322 e. The Hall–Kier alpha value is -3.42. The van der Waals surface area contributed by atoms with Crippen LogP contribution in [0.15, 0.2) is 42.5 Å². The number of anilines is 2.